The van der Waals surface area contributed by atoms with Gasteiger partial charge in [0.2, 0.25) is 11.8 Å². The summed E-state index contributed by atoms with van der Waals surface area (Å²) in [4.78, 5) is 37.5. The van der Waals surface area contributed by atoms with Crippen LogP contribution in [0.2, 0.25) is 0 Å². The van der Waals surface area contributed by atoms with Gasteiger partial charge in [-0.25, -0.2) is 4.98 Å². The van der Waals surface area contributed by atoms with E-state index in [0.717, 1.165) is 24.0 Å². The van der Waals surface area contributed by atoms with Crippen LogP contribution < -0.4 is 4.90 Å². The summed E-state index contributed by atoms with van der Waals surface area (Å²) in [6, 6.07) is 12.3. The molecule has 0 bridgehead atoms. The lowest BCUT2D eigenvalue weighted by Crippen LogP contribution is -2.31. The van der Waals surface area contributed by atoms with Crippen LogP contribution in [0, 0.1) is 0 Å². The normalized spacial score (nSPS) is 13.6. The van der Waals surface area contributed by atoms with Crippen molar-refractivity contribution in [3.63, 3.8) is 0 Å². The maximum atomic E-state index is 13.2. The fourth-order valence-corrected chi connectivity index (χ4v) is 4.53. The van der Waals surface area contributed by atoms with Gasteiger partial charge >= 0.3 is 0 Å². The van der Waals surface area contributed by atoms with E-state index in [4.69, 9.17) is 0 Å². The first-order valence-corrected chi connectivity index (χ1v) is 11.5. The Labute approximate surface area is 186 Å². The zero-order valence-electron chi connectivity index (χ0n) is 17.7. The van der Waals surface area contributed by atoms with Crippen molar-refractivity contribution in [2.45, 2.75) is 45.7 Å². The van der Waals surface area contributed by atoms with Crippen molar-refractivity contribution in [1.29, 1.82) is 0 Å². The Bertz CT molecular complexity index is 1030. The smallest absolute Gasteiger partial charge is 0.229 e. The van der Waals surface area contributed by atoms with Gasteiger partial charge in [0.15, 0.2) is 5.13 Å². The third kappa shape index (κ3) is 5.35. The Morgan fingerprint density at radius 3 is 2.58 bits per heavy atom. The highest BCUT2D eigenvalue weighted by Gasteiger charge is 2.25. The quantitative estimate of drug-likeness (QED) is 0.538. The summed E-state index contributed by atoms with van der Waals surface area (Å²) in [7, 11) is 0. The third-order valence-corrected chi connectivity index (χ3v) is 6.34. The third-order valence-electron chi connectivity index (χ3n) is 5.43. The number of rotatable bonds is 8. The van der Waals surface area contributed by atoms with Gasteiger partial charge in [0.25, 0.3) is 0 Å². The van der Waals surface area contributed by atoms with Gasteiger partial charge in [0.1, 0.15) is 0 Å². The number of amides is 2. The minimum Gasteiger partial charge on any atom is -0.334 e. The predicted octanol–water partition coefficient (Wildman–Crippen LogP) is 4.00. The molecule has 0 saturated carbocycles. The number of anilines is 1. The molecule has 6 nitrogen and oxygen atoms in total. The van der Waals surface area contributed by atoms with Crippen molar-refractivity contribution in [2.75, 3.05) is 11.4 Å². The molecule has 2 amide bonds. The molecule has 0 N–H and O–H groups in total. The molecule has 0 spiro atoms. The maximum absolute atomic E-state index is 13.2. The lowest BCUT2D eigenvalue weighted by molar-refractivity contribution is -0.131. The molecule has 2 aromatic heterocycles. The van der Waals surface area contributed by atoms with Crippen molar-refractivity contribution in [3.05, 3.63) is 76.6 Å². The number of hydrogen-bond acceptors (Lipinski definition) is 5. The number of aryl methyl sites for hydroxylation is 1. The Hall–Kier alpha value is -3.06. The minimum absolute atomic E-state index is 0.00743. The highest BCUT2D eigenvalue weighted by atomic mass is 32.1. The van der Waals surface area contributed by atoms with Gasteiger partial charge in [-0.3, -0.25) is 19.5 Å². The summed E-state index contributed by atoms with van der Waals surface area (Å²) < 4.78 is 0. The van der Waals surface area contributed by atoms with Gasteiger partial charge in [0.05, 0.1) is 12.1 Å². The monoisotopic (exact) mass is 434 g/mol. The molecule has 160 valence electrons. The topological polar surface area (TPSA) is 66.4 Å². The van der Waals surface area contributed by atoms with Crippen molar-refractivity contribution in [1.82, 2.24) is 14.9 Å². The van der Waals surface area contributed by atoms with Crippen molar-refractivity contribution >= 4 is 28.3 Å². The van der Waals surface area contributed by atoms with Crippen LogP contribution in [0.1, 0.15) is 42.1 Å². The SMILES string of the molecule is CCc1ccc(CN(Cc2cccnc2)C(=O)Cc2csc(N3CCCC3=O)n2)cc1. The van der Waals surface area contributed by atoms with Gasteiger partial charge < -0.3 is 4.90 Å². The molecular weight excluding hydrogens is 408 g/mol. The van der Waals surface area contributed by atoms with Crippen LogP contribution in [0.15, 0.2) is 54.2 Å². The van der Waals surface area contributed by atoms with Crippen LogP contribution in [0.4, 0.5) is 5.13 Å². The fraction of sp³-hybridized carbons (Fsp3) is 0.333. The standard InChI is InChI=1S/C24H26N4O2S/c1-2-18-7-9-19(10-8-18)15-27(16-20-5-3-11-25-14-20)23(30)13-21-17-31-24(26-21)28-12-4-6-22(28)29/h3,5,7-11,14,17H,2,4,6,12-13,15-16H2,1H3. The second kappa shape index (κ2) is 9.83. The van der Waals surface area contributed by atoms with Crippen LogP contribution in [0.3, 0.4) is 0 Å². The summed E-state index contributed by atoms with van der Waals surface area (Å²) >= 11 is 1.43. The maximum Gasteiger partial charge on any atom is 0.229 e. The molecule has 4 rings (SSSR count). The average Bonchev–Trinajstić information content (AvgIpc) is 3.43. The van der Waals surface area contributed by atoms with Crippen LogP contribution in [0.5, 0.6) is 0 Å². The number of aromatic nitrogens is 2. The first kappa shape index (κ1) is 21.2. The lowest BCUT2D eigenvalue weighted by Gasteiger charge is -2.23. The van der Waals surface area contributed by atoms with E-state index < -0.39 is 0 Å². The van der Waals surface area contributed by atoms with E-state index in [9.17, 15) is 9.59 Å². The molecule has 1 fully saturated rings. The minimum atomic E-state index is 0.00743. The van der Waals surface area contributed by atoms with Crippen molar-refractivity contribution in [3.8, 4) is 0 Å². The summed E-state index contributed by atoms with van der Waals surface area (Å²) in [5.74, 6) is 0.119. The fourth-order valence-electron chi connectivity index (χ4n) is 3.66. The van der Waals surface area contributed by atoms with Gasteiger partial charge in [-0.05, 0) is 35.6 Å². The zero-order valence-corrected chi connectivity index (χ0v) is 18.5. The zero-order chi connectivity index (χ0) is 21.6. The lowest BCUT2D eigenvalue weighted by atomic mass is 10.1. The Morgan fingerprint density at radius 2 is 1.90 bits per heavy atom. The van der Waals surface area contributed by atoms with Crippen LogP contribution in [0.25, 0.3) is 0 Å². The van der Waals surface area contributed by atoms with E-state index in [2.05, 4.69) is 41.2 Å². The molecular formula is C24H26N4O2S. The number of carbonyl (C=O) groups is 2. The molecule has 3 aromatic rings. The molecule has 1 aliphatic heterocycles. The molecule has 0 radical (unpaired) electrons. The highest BCUT2D eigenvalue weighted by molar-refractivity contribution is 7.14. The Morgan fingerprint density at radius 1 is 1.13 bits per heavy atom. The van der Waals surface area contributed by atoms with Gasteiger partial charge in [-0.15, -0.1) is 11.3 Å². The summed E-state index contributed by atoms with van der Waals surface area (Å²) in [5, 5.41) is 2.58. The number of pyridine rings is 1. The van der Waals surface area contributed by atoms with Crippen molar-refractivity contribution < 1.29 is 9.59 Å². The number of nitrogens with zero attached hydrogens (tertiary/aromatic N) is 4. The average molecular weight is 435 g/mol. The molecule has 1 aliphatic rings. The number of carbonyl (C=O) groups excluding carboxylic acids is 2. The summed E-state index contributed by atoms with van der Waals surface area (Å²) in [5.41, 5.74) is 4.07. The second-order valence-electron chi connectivity index (χ2n) is 7.73. The first-order valence-electron chi connectivity index (χ1n) is 10.6. The molecule has 1 aromatic carbocycles. The van der Waals surface area contributed by atoms with Gasteiger partial charge in [0, 0.05) is 43.8 Å². The van der Waals surface area contributed by atoms with Gasteiger partial charge in [-0.1, -0.05) is 37.3 Å². The van der Waals surface area contributed by atoms with Crippen LogP contribution >= 0.6 is 11.3 Å². The molecule has 3 heterocycles. The summed E-state index contributed by atoms with van der Waals surface area (Å²) in [6.07, 6.45) is 6.16. The van der Waals surface area contributed by atoms with Crippen LogP contribution in [-0.4, -0.2) is 33.2 Å². The largest absolute Gasteiger partial charge is 0.334 e. The molecule has 1 saturated heterocycles. The molecule has 0 atom stereocenters. The van der Waals surface area contributed by atoms with Crippen molar-refractivity contribution in [2.24, 2.45) is 0 Å². The summed E-state index contributed by atoms with van der Waals surface area (Å²) in [6.45, 7) is 3.86. The first-order chi connectivity index (χ1) is 15.1. The number of benzene rings is 1. The molecule has 31 heavy (non-hydrogen) atoms. The Balaban J connectivity index is 1.49. The van der Waals surface area contributed by atoms with E-state index in [1.165, 1.54) is 16.9 Å². The predicted molar refractivity (Wildman–Crippen MR) is 122 cm³/mol. The number of hydrogen-bond donors (Lipinski definition) is 0. The second-order valence-corrected chi connectivity index (χ2v) is 8.56. The molecule has 0 unspecified atom stereocenters. The van der Waals surface area contributed by atoms with E-state index in [-0.39, 0.29) is 18.2 Å². The molecule has 7 heteroatoms. The van der Waals surface area contributed by atoms with E-state index >= 15 is 0 Å². The molecule has 0 aliphatic carbocycles. The van der Waals surface area contributed by atoms with E-state index in [1.54, 1.807) is 17.3 Å². The Kier molecular flexibility index (Phi) is 6.72. The van der Waals surface area contributed by atoms with E-state index in [0.29, 0.717) is 36.9 Å². The van der Waals surface area contributed by atoms with E-state index in [1.807, 2.05) is 22.4 Å². The number of thiazole rings is 1. The van der Waals surface area contributed by atoms with Gasteiger partial charge in [-0.2, -0.15) is 0 Å². The highest BCUT2D eigenvalue weighted by Crippen LogP contribution is 2.26. The van der Waals surface area contributed by atoms with Crippen LogP contribution in [-0.2, 0) is 35.5 Å².